The minimum Gasteiger partial charge on any atom is -0.453 e. The number of hydrogen-bond acceptors (Lipinski definition) is 7. The predicted molar refractivity (Wildman–Crippen MR) is 110 cm³/mol. The molecule has 3 rings (SSSR count). The summed E-state index contributed by atoms with van der Waals surface area (Å²) in [6, 6.07) is 16.3. The van der Waals surface area contributed by atoms with Gasteiger partial charge in [-0.05, 0) is 43.3 Å². The fraction of sp³-hybridized carbons (Fsp3) is 0.200. The number of rotatable bonds is 7. The molecule has 1 heterocycles. The summed E-state index contributed by atoms with van der Waals surface area (Å²) < 4.78 is 7.21. The fourth-order valence-corrected chi connectivity index (χ4v) is 4.37. The molecule has 28 heavy (non-hydrogen) atoms. The second-order valence-electron chi connectivity index (χ2n) is 5.86. The van der Waals surface area contributed by atoms with Crippen molar-refractivity contribution in [3.63, 3.8) is 0 Å². The summed E-state index contributed by atoms with van der Waals surface area (Å²) >= 11 is 3.08. The number of carbonyl (C=O) groups is 2. The number of carbonyl (C=O) groups excluding carboxylic acids is 2. The minimum atomic E-state index is -0.907. The van der Waals surface area contributed by atoms with Crippen molar-refractivity contribution >= 4 is 50.9 Å². The van der Waals surface area contributed by atoms with E-state index in [0.29, 0.717) is 17.0 Å². The van der Waals surface area contributed by atoms with Crippen LogP contribution in [0.15, 0.2) is 52.9 Å². The van der Waals surface area contributed by atoms with E-state index in [0.717, 1.165) is 14.6 Å². The number of thiazole rings is 1. The van der Waals surface area contributed by atoms with Crippen LogP contribution >= 0.6 is 23.1 Å². The van der Waals surface area contributed by atoms with Gasteiger partial charge in [0.05, 0.1) is 28.3 Å². The van der Waals surface area contributed by atoms with Crippen LogP contribution in [-0.4, -0.2) is 28.7 Å². The number of ether oxygens (including phenoxy) is 1. The van der Waals surface area contributed by atoms with Gasteiger partial charge < -0.3 is 10.1 Å². The van der Waals surface area contributed by atoms with E-state index in [1.165, 1.54) is 18.7 Å². The third kappa shape index (κ3) is 5.31. The summed E-state index contributed by atoms with van der Waals surface area (Å²) in [5.41, 5.74) is 1.99. The van der Waals surface area contributed by atoms with Gasteiger partial charge in [-0.1, -0.05) is 23.9 Å². The molecule has 8 heteroatoms. The monoisotopic (exact) mass is 411 g/mol. The summed E-state index contributed by atoms with van der Waals surface area (Å²) in [7, 11) is 0. The number of nitrogens with zero attached hydrogens (tertiary/aromatic N) is 2. The third-order valence-corrected chi connectivity index (χ3v) is 5.95. The molecule has 142 valence electrons. The number of hydrogen-bond donors (Lipinski definition) is 1. The lowest BCUT2D eigenvalue weighted by atomic mass is 10.2. The Labute approximate surface area is 170 Å². The maximum Gasteiger partial charge on any atom is 0.307 e. The highest BCUT2D eigenvalue weighted by molar-refractivity contribution is 8.01. The van der Waals surface area contributed by atoms with E-state index < -0.39 is 18.0 Å². The highest BCUT2D eigenvalue weighted by atomic mass is 32.2. The average molecular weight is 412 g/mol. The molecule has 0 fully saturated rings. The zero-order valence-electron chi connectivity index (χ0n) is 15.0. The number of aromatic nitrogens is 1. The van der Waals surface area contributed by atoms with Crippen molar-refractivity contribution in [3.8, 4) is 6.07 Å². The van der Waals surface area contributed by atoms with Crippen molar-refractivity contribution in [3.05, 3.63) is 54.1 Å². The van der Waals surface area contributed by atoms with Gasteiger partial charge in [-0.15, -0.1) is 11.3 Å². The van der Waals surface area contributed by atoms with Gasteiger partial charge in [0, 0.05) is 11.4 Å². The van der Waals surface area contributed by atoms with Crippen molar-refractivity contribution < 1.29 is 14.3 Å². The summed E-state index contributed by atoms with van der Waals surface area (Å²) in [5.74, 6) is -0.323. The molecule has 0 unspecified atom stereocenters. The Bertz CT molecular complexity index is 992. The molecular weight excluding hydrogens is 394 g/mol. The van der Waals surface area contributed by atoms with Crippen LogP contribution in [0.2, 0.25) is 0 Å². The predicted octanol–water partition coefficient (Wildman–Crippen LogP) is 4.22. The fourth-order valence-electron chi connectivity index (χ4n) is 2.32. The molecule has 1 N–H and O–H groups in total. The van der Waals surface area contributed by atoms with Crippen LogP contribution in [0.25, 0.3) is 10.2 Å². The summed E-state index contributed by atoms with van der Waals surface area (Å²) in [5, 5.41) is 11.4. The number of nitriles is 1. The number of para-hydroxylation sites is 1. The summed E-state index contributed by atoms with van der Waals surface area (Å²) in [6.45, 7) is 1.53. The maximum atomic E-state index is 12.1. The van der Waals surface area contributed by atoms with Crippen LogP contribution in [0.3, 0.4) is 0 Å². The van der Waals surface area contributed by atoms with Crippen LogP contribution in [0.1, 0.15) is 18.9 Å². The van der Waals surface area contributed by atoms with Gasteiger partial charge >= 0.3 is 5.97 Å². The SMILES string of the molecule is C[C@H](OC(=O)CCSc1nc2ccccc2s1)C(=O)Nc1ccc(C#N)cc1. The number of thioether (sulfide) groups is 1. The van der Waals surface area contributed by atoms with E-state index in [2.05, 4.69) is 10.3 Å². The largest absolute Gasteiger partial charge is 0.453 e. The first-order valence-electron chi connectivity index (χ1n) is 8.54. The average Bonchev–Trinajstić information content (AvgIpc) is 3.11. The Hall–Kier alpha value is -2.89. The van der Waals surface area contributed by atoms with E-state index in [1.54, 1.807) is 35.6 Å². The second kappa shape index (κ2) is 9.35. The van der Waals surface area contributed by atoms with E-state index in [4.69, 9.17) is 10.00 Å². The van der Waals surface area contributed by atoms with E-state index >= 15 is 0 Å². The van der Waals surface area contributed by atoms with Gasteiger partial charge in [0.1, 0.15) is 0 Å². The minimum absolute atomic E-state index is 0.190. The molecule has 6 nitrogen and oxygen atoms in total. The van der Waals surface area contributed by atoms with Crippen LogP contribution in [0, 0.1) is 11.3 Å². The number of esters is 1. The molecule has 0 saturated heterocycles. The molecule has 1 amide bonds. The van der Waals surface area contributed by atoms with E-state index in [9.17, 15) is 9.59 Å². The Morgan fingerprint density at radius 3 is 2.71 bits per heavy atom. The van der Waals surface area contributed by atoms with Gasteiger partial charge in [-0.3, -0.25) is 9.59 Å². The smallest absolute Gasteiger partial charge is 0.307 e. The molecule has 1 atom stereocenters. The van der Waals surface area contributed by atoms with Gasteiger partial charge in [0.15, 0.2) is 10.4 Å². The molecule has 3 aromatic rings. The standard InChI is InChI=1S/C20H17N3O3S2/c1-13(19(25)22-15-8-6-14(12-21)7-9-15)26-18(24)10-11-27-20-23-16-4-2-3-5-17(16)28-20/h2-9,13H,10-11H2,1H3,(H,22,25)/t13-/m0/s1. The molecular formula is C20H17N3O3S2. The number of nitrogens with one attached hydrogen (secondary N) is 1. The quantitative estimate of drug-likeness (QED) is 0.462. The van der Waals surface area contributed by atoms with Crippen molar-refractivity contribution in [1.29, 1.82) is 5.26 Å². The first kappa shape index (κ1) is 19.9. The lowest BCUT2D eigenvalue weighted by Gasteiger charge is -2.13. The molecule has 0 aliphatic heterocycles. The molecule has 1 aromatic heterocycles. The molecule has 0 spiro atoms. The van der Waals surface area contributed by atoms with Crippen molar-refractivity contribution in [1.82, 2.24) is 4.98 Å². The zero-order valence-corrected chi connectivity index (χ0v) is 16.7. The Morgan fingerprint density at radius 2 is 2.00 bits per heavy atom. The van der Waals surface area contributed by atoms with Gasteiger partial charge in [-0.2, -0.15) is 5.26 Å². The summed E-state index contributed by atoms with van der Waals surface area (Å²) in [4.78, 5) is 28.6. The highest BCUT2D eigenvalue weighted by Crippen LogP contribution is 2.29. The van der Waals surface area contributed by atoms with Crippen LogP contribution in [0.4, 0.5) is 5.69 Å². The molecule has 0 radical (unpaired) electrons. The van der Waals surface area contributed by atoms with Crippen LogP contribution in [-0.2, 0) is 14.3 Å². The first-order valence-corrected chi connectivity index (χ1v) is 10.3. The normalized spacial score (nSPS) is 11.6. The molecule has 2 aromatic carbocycles. The number of anilines is 1. The number of amides is 1. The maximum absolute atomic E-state index is 12.1. The van der Waals surface area contributed by atoms with Crippen LogP contribution in [0.5, 0.6) is 0 Å². The Kier molecular flexibility index (Phi) is 6.63. The van der Waals surface area contributed by atoms with E-state index in [1.807, 2.05) is 30.3 Å². The zero-order chi connectivity index (χ0) is 19.9. The van der Waals surface area contributed by atoms with Crippen molar-refractivity contribution in [2.75, 3.05) is 11.1 Å². The third-order valence-electron chi connectivity index (χ3n) is 3.76. The number of fused-ring (bicyclic) bond motifs is 1. The molecule has 0 saturated carbocycles. The van der Waals surface area contributed by atoms with Crippen LogP contribution < -0.4 is 5.32 Å². The Morgan fingerprint density at radius 1 is 1.25 bits per heavy atom. The van der Waals surface area contributed by atoms with Gasteiger partial charge in [0.25, 0.3) is 5.91 Å². The molecule has 0 aliphatic carbocycles. The van der Waals surface area contributed by atoms with Crippen molar-refractivity contribution in [2.24, 2.45) is 0 Å². The first-order chi connectivity index (χ1) is 13.5. The highest BCUT2D eigenvalue weighted by Gasteiger charge is 2.18. The second-order valence-corrected chi connectivity index (χ2v) is 8.23. The summed E-state index contributed by atoms with van der Waals surface area (Å²) in [6.07, 6.45) is -0.717. The van der Waals surface area contributed by atoms with E-state index in [-0.39, 0.29) is 6.42 Å². The molecule has 0 bridgehead atoms. The lowest BCUT2D eigenvalue weighted by Crippen LogP contribution is -2.30. The van der Waals surface area contributed by atoms with Gasteiger partial charge in [0.2, 0.25) is 0 Å². The lowest BCUT2D eigenvalue weighted by molar-refractivity contribution is -0.152. The topological polar surface area (TPSA) is 92.1 Å². The Balaban J connectivity index is 1.42. The molecule has 0 aliphatic rings. The number of benzene rings is 2. The van der Waals surface area contributed by atoms with Gasteiger partial charge in [-0.25, -0.2) is 4.98 Å². The van der Waals surface area contributed by atoms with Crippen molar-refractivity contribution in [2.45, 2.75) is 23.8 Å².